The predicted molar refractivity (Wildman–Crippen MR) is 86.2 cm³/mol. The van der Waals surface area contributed by atoms with Gasteiger partial charge in [-0.2, -0.15) is 0 Å². The van der Waals surface area contributed by atoms with Crippen molar-refractivity contribution in [3.63, 3.8) is 0 Å². The summed E-state index contributed by atoms with van der Waals surface area (Å²) in [6.07, 6.45) is 5.01. The average molecular weight is 341 g/mol. The van der Waals surface area contributed by atoms with Crippen LogP contribution >= 0.6 is 0 Å². The third-order valence-electron chi connectivity index (χ3n) is 4.89. The summed E-state index contributed by atoms with van der Waals surface area (Å²) in [4.78, 5) is 33.3. The number of carbonyl (C=O) groups excluding carboxylic acids is 2. The zero-order valence-electron chi connectivity index (χ0n) is 13.7. The van der Waals surface area contributed by atoms with E-state index in [1.54, 1.807) is 18.3 Å². The van der Waals surface area contributed by atoms with E-state index in [4.69, 9.17) is 0 Å². The van der Waals surface area contributed by atoms with Gasteiger partial charge in [-0.1, -0.05) is 6.07 Å². The molecule has 2 bridgehead atoms. The van der Waals surface area contributed by atoms with Crippen LogP contribution < -0.4 is 0 Å². The molecule has 0 saturated carbocycles. The second-order valence-corrected chi connectivity index (χ2v) is 6.58. The number of hydrogen-bond donors (Lipinski definition) is 0. The molecule has 3 aliphatic heterocycles. The van der Waals surface area contributed by atoms with Gasteiger partial charge in [0, 0.05) is 31.9 Å². The van der Waals surface area contributed by atoms with Gasteiger partial charge in [0.2, 0.25) is 5.91 Å². The fraction of sp³-hybridized carbons (Fsp3) is 0.500. The minimum atomic E-state index is -0.0627. The molecule has 3 aliphatic rings. The molecule has 130 valence electrons. The largest absolute Gasteiger partial charge is 0.336 e. The molecule has 0 unspecified atom stereocenters. The summed E-state index contributed by atoms with van der Waals surface area (Å²) in [5, 5.41) is 10.9. The van der Waals surface area contributed by atoms with Gasteiger partial charge < -0.3 is 9.80 Å². The highest BCUT2D eigenvalue weighted by Gasteiger charge is 2.38. The van der Waals surface area contributed by atoms with Gasteiger partial charge >= 0.3 is 0 Å². The van der Waals surface area contributed by atoms with Crippen molar-refractivity contribution in [2.24, 2.45) is 5.92 Å². The summed E-state index contributed by atoms with van der Waals surface area (Å²) in [6, 6.07) is 5.38. The molecule has 0 aliphatic carbocycles. The van der Waals surface area contributed by atoms with Crippen LogP contribution in [0.3, 0.4) is 0 Å². The maximum atomic E-state index is 12.7. The van der Waals surface area contributed by atoms with Gasteiger partial charge in [-0.3, -0.25) is 14.6 Å². The molecule has 2 aromatic heterocycles. The smallest absolute Gasteiger partial charge is 0.272 e. The van der Waals surface area contributed by atoms with E-state index in [0.29, 0.717) is 31.2 Å². The number of aromatic nitrogens is 5. The van der Waals surface area contributed by atoms with Crippen molar-refractivity contribution in [2.45, 2.75) is 25.4 Å². The van der Waals surface area contributed by atoms with Gasteiger partial charge in [0.05, 0.1) is 0 Å². The SMILES string of the molecule is O=C(c1ccccn1)N1C[C@H]2CC[C@@H](C1)N(C(=O)Cn1cnnn1)C2. The molecule has 2 aromatic rings. The first-order chi connectivity index (χ1) is 12.2. The van der Waals surface area contributed by atoms with Crippen molar-refractivity contribution in [3.05, 3.63) is 36.4 Å². The number of fused-ring (bicyclic) bond motifs is 4. The summed E-state index contributed by atoms with van der Waals surface area (Å²) in [6.45, 7) is 2.02. The molecule has 3 fully saturated rings. The molecule has 9 nitrogen and oxygen atoms in total. The highest BCUT2D eigenvalue weighted by atomic mass is 16.2. The summed E-state index contributed by atoms with van der Waals surface area (Å²) in [5.74, 6) is 0.227. The molecule has 9 heteroatoms. The molecule has 2 atom stereocenters. The number of piperidine rings is 1. The Labute approximate surface area is 144 Å². The van der Waals surface area contributed by atoms with E-state index in [9.17, 15) is 9.59 Å². The van der Waals surface area contributed by atoms with Crippen LogP contribution in [-0.2, 0) is 11.3 Å². The van der Waals surface area contributed by atoms with Crippen LogP contribution in [0.25, 0.3) is 0 Å². The van der Waals surface area contributed by atoms with E-state index < -0.39 is 0 Å². The second kappa shape index (κ2) is 6.58. The van der Waals surface area contributed by atoms with E-state index >= 15 is 0 Å². The van der Waals surface area contributed by atoms with Crippen LogP contribution in [0.15, 0.2) is 30.7 Å². The quantitative estimate of drug-likeness (QED) is 0.769. The molecule has 5 rings (SSSR count). The normalized spacial score (nSPS) is 22.7. The lowest BCUT2D eigenvalue weighted by atomic mass is 9.95. The Kier molecular flexibility index (Phi) is 4.12. The van der Waals surface area contributed by atoms with E-state index in [1.807, 2.05) is 15.9 Å². The van der Waals surface area contributed by atoms with Gasteiger partial charge in [0.1, 0.15) is 18.6 Å². The first kappa shape index (κ1) is 15.7. The van der Waals surface area contributed by atoms with Gasteiger partial charge in [0.15, 0.2) is 0 Å². The lowest BCUT2D eigenvalue weighted by Crippen LogP contribution is -2.48. The number of carbonyl (C=O) groups is 2. The lowest BCUT2D eigenvalue weighted by molar-refractivity contribution is -0.136. The van der Waals surface area contributed by atoms with Crippen LogP contribution in [0, 0.1) is 5.92 Å². The number of nitrogens with zero attached hydrogens (tertiary/aromatic N) is 7. The van der Waals surface area contributed by atoms with Crippen molar-refractivity contribution in [2.75, 3.05) is 19.6 Å². The van der Waals surface area contributed by atoms with Gasteiger partial charge in [-0.15, -0.1) is 5.10 Å². The number of hydrogen-bond acceptors (Lipinski definition) is 6. The maximum Gasteiger partial charge on any atom is 0.272 e. The molecule has 0 radical (unpaired) electrons. The minimum absolute atomic E-state index is 0.00543. The summed E-state index contributed by atoms with van der Waals surface area (Å²) < 4.78 is 1.43. The Morgan fingerprint density at radius 3 is 2.84 bits per heavy atom. The second-order valence-electron chi connectivity index (χ2n) is 6.58. The Morgan fingerprint density at radius 2 is 2.08 bits per heavy atom. The zero-order valence-corrected chi connectivity index (χ0v) is 13.7. The molecular formula is C16H19N7O2. The van der Waals surface area contributed by atoms with Crippen LogP contribution in [-0.4, -0.2) is 72.5 Å². The minimum Gasteiger partial charge on any atom is -0.336 e. The van der Waals surface area contributed by atoms with Crippen molar-refractivity contribution in [3.8, 4) is 0 Å². The zero-order chi connectivity index (χ0) is 17.2. The maximum absolute atomic E-state index is 12.7. The summed E-state index contributed by atoms with van der Waals surface area (Å²) in [7, 11) is 0. The van der Waals surface area contributed by atoms with Gasteiger partial charge in [-0.05, 0) is 41.3 Å². The summed E-state index contributed by atoms with van der Waals surface area (Å²) in [5.41, 5.74) is 0.454. The predicted octanol–water partition coefficient (Wildman–Crippen LogP) is -0.169. The summed E-state index contributed by atoms with van der Waals surface area (Å²) >= 11 is 0. The highest BCUT2D eigenvalue weighted by molar-refractivity contribution is 5.92. The molecular weight excluding hydrogens is 322 g/mol. The molecule has 0 aromatic carbocycles. The van der Waals surface area contributed by atoms with Gasteiger partial charge in [-0.25, -0.2) is 4.68 Å². The van der Waals surface area contributed by atoms with E-state index in [-0.39, 0.29) is 24.4 Å². The van der Waals surface area contributed by atoms with Gasteiger partial charge in [0.25, 0.3) is 5.91 Å². The van der Waals surface area contributed by atoms with Crippen LogP contribution in [0.2, 0.25) is 0 Å². The fourth-order valence-corrected chi connectivity index (χ4v) is 3.69. The van der Waals surface area contributed by atoms with Crippen molar-refractivity contribution in [1.29, 1.82) is 0 Å². The monoisotopic (exact) mass is 341 g/mol. The third-order valence-corrected chi connectivity index (χ3v) is 4.89. The number of tetrazole rings is 1. The van der Waals surface area contributed by atoms with E-state index in [2.05, 4.69) is 20.5 Å². The molecule has 0 N–H and O–H groups in total. The van der Waals surface area contributed by atoms with Crippen LogP contribution in [0.1, 0.15) is 23.3 Å². The molecule has 5 heterocycles. The fourth-order valence-electron chi connectivity index (χ4n) is 3.69. The van der Waals surface area contributed by atoms with Crippen LogP contribution in [0.5, 0.6) is 0 Å². The third kappa shape index (κ3) is 3.21. The van der Waals surface area contributed by atoms with Crippen molar-refractivity contribution in [1.82, 2.24) is 35.0 Å². The Morgan fingerprint density at radius 1 is 1.16 bits per heavy atom. The molecule has 3 saturated heterocycles. The van der Waals surface area contributed by atoms with Crippen LogP contribution in [0.4, 0.5) is 0 Å². The number of amides is 2. The van der Waals surface area contributed by atoms with Crippen molar-refractivity contribution < 1.29 is 9.59 Å². The Balaban J connectivity index is 1.48. The first-order valence-corrected chi connectivity index (χ1v) is 8.41. The molecule has 0 spiro atoms. The topological polar surface area (TPSA) is 97.1 Å². The Bertz CT molecular complexity index is 749. The van der Waals surface area contributed by atoms with Crippen molar-refractivity contribution >= 4 is 11.8 Å². The first-order valence-electron chi connectivity index (χ1n) is 8.41. The average Bonchev–Trinajstić information content (AvgIpc) is 2.98. The lowest BCUT2D eigenvalue weighted by Gasteiger charge is -2.36. The Hall–Kier alpha value is -2.84. The number of pyridine rings is 1. The molecule has 25 heavy (non-hydrogen) atoms. The van der Waals surface area contributed by atoms with E-state index in [0.717, 1.165) is 12.8 Å². The standard InChI is InChI=1S/C16H19N7O2/c24-15(10-22-11-18-19-20-22)23-8-12-4-5-13(23)9-21(7-12)16(25)14-3-1-2-6-17-14/h1-3,6,11-13H,4-5,7-10H2/t12-,13+/m1/s1. The molecule has 2 amide bonds. The number of rotatable bonds is 3. The highest BCUT2D eigenvalue weighted by Crippen LogP contribution is 2.28. The van der Waals surface area contributed by atoms with E-state index in [1.165, 1.54) is 11.0 Å².